The van der Waals surface area contributed by atoms with Crippen molar-refractivity contribution in [2.24, 2.45) is 0 Å². The van der Waals surface area contributed by atoms with E-state index < -0.39 is 0 Å². The van der Waals surface area contributed by atoms with Gasteiger partial charge in [-0.3, -0.25) is 4.57 Å². The minimum absolute atomic E-state index is 0.590. The molecule has 11 rings (SSSR count). The van der Waals surface area contributed by atoms with Gasteiger partial charge in [-0.05, 0) is 53.6 Å². The summed E-state index contributed by atoms with van der Waals surface area (Å²) in [6.07, 6.45) is 0. The van der Waals surface area contributed by atoms with Gasteiger partial charge in [0.1, 0.15) is 0 Å². The fourth-order valence-electron chi connectivity index (χ4n) is 7.90. The zero-order chi connectivity index (χ0) is 32.8. The molecule has 50 heavy (non-hydrogen) atoms. The van der Waals surface area contributed by atoms with Crippen molar-refractivity contribution < 1.29 is 0 Å². The summed E-state index contributed by atoms with van der Waals surface area (Å²) in [5.74, 6) is 1.85. The van der Waals surface area contributed by atoms with E-state index >= 15 is 0 Å². The molecule has 0 saturated carbocycles. The summed E-state index contributed by atoms with van der Waals surface area (Å²) in [5.41, 5.74) is 9.90. The summed E-state index contributed by atoms with van der Waals surface area (Å²) >= 11 is 0. The van der Waals surface area contributed by atoms with Crippen molar-refractivity contribution in [3.63, 3.8) is 0 Å². The first-order chi connectivity index (χ1) is 24.8. The van der Waals surface area contributed by atoms with Crippen LogP contribution in [0.2, 0.25) is 0 Å². The van der Waals surface area contributed by atoms with Crippen molar-refractivity contribution in [2.45, 2.75) is 0 Å². The number of hydrogen-bond donors (Lipinski definition) is 0. The lowest BCUT2D eigenvalue weighted by Gasteiger charge is -2.12. The molecule has 232 valence electrons. The Morgan fingerprint density at radius 2 is 0.820 bits per heavy atom. The molecule has 11 aromatic rings. The summed E-state index contributed by atoms with van der Waals surface area (Å²) in [6.45, 7) is 0. The van der Waals surface area contributed by atoms with Gasteiger partial charge < -0.3 is 4.40 Å². The lowest BCUT2D eigenvalue weighted by molar-refractivity contribution is 0.954. The van der Waals surface area contributed by atoms with Crippen LogP contribution in [0.4, 0.5) is 0 Å². The highest BCUT2D eigenvalue weighted by atomic mass is 15.2. The van der Waals surface area contributed by atoms with Crippen molar-refractivity contribution >= 4 is 59.9 Å². The summed E-state index contributed by atoms with van der Waals surface area (Å²) in [7, 11) is 0. The first-order valence-corrected chi connectivity index (χ1v) is 16.9. The summed E-state index contributed by atoms with van der Waals surface area (Å²) in [5, 5.41) is 7.28. The minimum atomic E-state index is 0.590. The van der Waals surface area contributed by atoms with E-state index in [2.05, 4.69) is 167 Å². The smallest absolute Gasteiger partial charge is 0.238 e. The highest BCUT2D eigenvalue weighted by Gasteiger charge is 2.20. The molecule has 4 heterocycles. The second kappa shape index (κ2) is 10.3. The molecule has 0 bridgehead atoms. The normalized spacial score (nSPS) is 12.0. The van der Waals surface area contributed by atoms with E-state index in [0.717, 1.165) is 44.1 Å². The maximum absolute atomic E-state index is 5.25. The molecule has 0 spiro atoms. The topological polar surface area (TPSA) is 48.0 Å². The van der Waals surface area contributed by atoms with Crippen molar-refractivity contribution in [2.75, 3.05) is 0 Å². The van der Waals surface area contributed by atoms with Gasteiger partial charge in [0.25, 0.3) is 0 Å². The second-order valence-electron chi connectivity index (χ2n) is 12.9. The molecule has 7 aromatic carbocycles. The second-order valence-corrected chi connectivity index (χ2v) is 12.9. The molecule has 0 radical (unpaired) electrons. The fourth-order valence-corrected chi connectivity index (χ4v) is 7.90. The fraction of sp³-hybridized carbons (Fsp3) is 0. The lowest BCUT2D eigenvalue weighted by atomic mass is 10.0. The Morgan fingerprint density at radius 1 is 0.320 bits per heavy atom. The Hall–Kier alpha value is -6.85. The SMILES string of the molecule is c1ccc(-c2cccc(-c3nc(-c4ccc5c(c4)c4cccc6c7ccccc7n5c64)nc(-n4c5ccccc5c5ccccc54)n3)c2)cc1. The highest BCUT2D eigenvalue weighted by molar-refractivity contribution is 6.23. The van der Waals surface area contributed by atoms with E-state index in [4.69, 9.17) is 15.0 Å². The maximum Gasteiger partial charge on any atom is 0.238 e. The molecule has 4 aromatic heterocycles. The first kappa shape index (κ1) is 27.1. The average Bonchev–Trinajstić information content (AvgIpc) is 3.83. The van der Waals surface area contributed by atoms with E-state index in [9.17, 15) is 0 Å². The third-order valence-electron chi connectivity index (χ3n) is 10.1. The van der Waals surface area contributed by atoms with Gasteiger partial charge in [-0.2, -0.15) is 9.97 Å². The van der Waals surface area contributed by atoms with Crippen LogP contribution in [0, 0.1) is 0 Å². The van der Waals surface area contributed by atoms with Gasteiger partial charge in [-0.1, -0.05) is 121 Å². The number of para-hydroxylation sites is 4. The van der Waals surface area contributed by atoms with Crippen LogP contribution in [-0.4, -0.2) is 23.9 Å². The van der Waals surface area contributed by atoms with Crippen molar-refractivity contribution in [1.29, 1.82) is 0 Å². The van der Waals surface area contributed by atoms with Crippen LogP contribution >= 0.6 is 0 Å². The van der Waals surface area contributed by atoms with Gasteiger partial charge >= 0.3 is 0 Å². The van der Waals surface area contributed by atoms with Gasteiger partial charge in [0.2, 0.25) is 5.95 Å². The summed E-state index contributed by atoms with van der Waals surface area (Å²) < 4.78 is 4.57. The van der Waals surface area contributed by atoms with Crippen molar-refractivity contribution in [3.05, 3.63) is 164 Å². The number of hydrogen-bond acceptors (Lipinski definition) is 3. The molecule has 0 aliphatic heterocycles. The van der Waals surface area contributed by atoms with E-state index in [1.165, 1.54) is 38.1 Å². The molecule has 0 N–H and O–H groups in total. The minimum Gasteiger partial charge on any atom is -0.308 e. The largest absolute Gasteiger partial charge is 0.308 e. The van der Waals surface area contributed by atoms with Crippen LogP contribution in [0.1, 0.15) is 0 Å². The van der Waals surface area contributed by atoms with Crippen molar-refractivity contribution in [1.82, 2.24) is 23.9 Å². The van der Waals surface area contributed by atoms with Gasteiger partial charge in [-0.25, -0.2) is 4.98 Å². The van der Waals surface area contributed by atoms with E-state index in [-0.39, 0.29) is 0 Å². The Balaban J connectivity index is 1.18. The first-order valence-electron chi connectivity index (χ1n) is 16.9. The monoisotopic (exact) mass is 637 g/mol. The quantitative estimate of drug-likeness (QED) is 0.193. The van der Waals surface area contributed by atoms with Gasteiger partial charge in [-0.15, -0.1) is 0 Å². The third kappa shape index (κ3) is 3.86. The molecule has 5 nitrogen and oxygen atoms in total. The van der Waals surface area contributed by atoms with Gasteiger partial charge in [0.05, 0.1) is 27.6 Å². The van der Waals surface area contributed by atoms with E-state index in [0.29, 0.717) is 17.6 Å². The molecule has 0 aliphatic rings. The Kier molecular flexibility index (Phi) is 5.60. The summed E-state index contributed by atoms with van der Waals surface area (Å²) in [4.78, 5) is 15.7. The number of nitrogens with zero attached hydrogens (tertiary/aromatic N) is 5. The van der Waals surface area contributed by atoms with E-state index in [1.807, 2.05) is 6.07 Å². The number of rotatable bonds is 4. The van der Waals surface area contributed by atoms with Crippen LogP contribution in [0.5, 0.6) is 0 Å². The zero-order valence-corrected chi connectivity index (χ0v) is 26.8. The third-order valence-corrected chi connectivity index (χ3v) is 10.1. The van der Waals surface area contributed by atoms with Crippen LogP contribution in [-0.2, 0) is 0 Å². The number of benzene rings is 7. The Morgan fingerprint density at radius 3 is 1.54 bits per heavy atom. The zero-order valence-electron chi connectivity index (χ0n) is 26.8. The van der Waals surface area contributed by atoms with Crippen LogP contribution in [0.3, 0.4) is 0 Å². The number of fused-ring (bicyclic) bond motifs is 9. The predicted molar refractivity (Wildman–Crippen MR) is 205 cm³/mol. The molecule has 5 heteroatoms. The molecule has 0 saturated heterocycles. The van der Waals surface area contributed by atoms with Crippen LogP contribution < -0.4 is 0 Å². The number of aromatic nitrogens is 5. The maximum atomic E-state index is 5.25. The molecule has 0 unspecified atom stereocenters. The molecule has 0 aliphatic carbocycles. The molecular formula is C45H27N5. The van der Waals surface area contributed by atoms with Gasteiger partial charge in [0, 0.05) is 43.4 Å². The lowest BCUT2D eigenvalue weighted by Crippen LogP contribution is -2.06. The van der Waals surface area contributed by atoms with Gasteiger partial charge in [0.15, 0.2) is 11.6 Å². The van der Waals surface area contributed by atoms with Crippen LogP contribution in [0.15, 0.2) is 164 Å². The predicted octanol–water partition coefficient (Wildman–Crippen LogP) is 11.1. The molecule has 0 atom stereocenters. The van der Waals surface area contributed by atoms with Crippen LogP contribution in [0.25, 0.3) is 99.8 Å². The average molecular weight is 638 g/mol. The standard InChI is InChI=1S/C45H27N5/c1-2-12-28(13-3-1)29-14-10-15-30(26-29)43-46-44(48-45(47-43)50-39-22-8-4-16-32(39)33-17-5-9-23-40(33)50)31-24-25-41-37(27-31)36-20-11-19-35-34-18-6-7-21-38(34)49(41)42(35)36/h1-27H. The van der Waals surface area contributed by atoms with E-state index in [1.54, 1.807) is 0 Å². The summed E-state index contributed by atoms with van der Waals surface area (Å²) in [6, 6.07) is 57.7. The molecule has 0 fully saturated rings. The Labute approximate surface area is 286 Å². The molecule has 0 amide bonds. The molecular weight excluding hydrogens is 611 g/mol. The highest BCUT2D eigenvalue weighted by Crippen LogP contribution is 2.40. The Bertz CT molecular complexity index is 3040. The van der Waals surface area contributed by atoms with Crippen molar-refractivity contribution in [3.8, 4) is 39.9 Å².